The fourth-order valence-electron chi connectivity index (χ4n) is 2.84. The summed E-state index contributed by atoms with van der Waals surface area (Å²) in [7, 11) is 0. The van der Waals surface area contributed by atoms with E-state index < -0.39 is 66.4 Å². The smallest absolute Gasteiger partial charge is 0.328 e. The Morgan fingerprint density at radius 3 is 1.88 bits per heavy atom. The highest BCUT2D eigenvalue weighted by atomic mass is 16.4. The second kappa shape index (κ2) is 15.1. The van der Waals surface area contributed by atoms with E-state index in [1.54, 1.807) is 6.92 Å². The molecule has 0 aliphatic carbocycles. The van der Waals surface area contributed by atoms with Gasteiger partial charge >= 0.3 is 11.9 Å². The molecular weight excluding hydrogens is 438 g/mol. The fraction of sp³-hybridized carbons (Fsp3) is 0.750. The Kier molecular flexibility index (Phi) is 13.9. The van der Waals surface area contributed by atoms with Crippen LogP contribution in [0.3, 0.4) is 0 Å². The van der Waals surface area contributed by atoms with Crippen molar-refractivity contribution in [2.45, 2.75) is 83.1 Å². The molecule has 0 fully saturated rings. The molecule has 0 spiro atoms. The van der Waals surface area contributed by atoms with Crippen molar-refractivity contribution < 1.29 is 39.3 Å². The number of hydrogen-bond donors (Lipinski definition) is 8. The summed E-state index contributed by atoms with van der Waals surface area (Å²) in [6, 6.07) is -5.34. The van der Waals surface area contributed by atoms with Crippen LogP contribution in [0.25, 0.3) is 0 Å². The first-order chi connectivity index (χ1) is 15.3. The molecule has 0 rings (SSSR count). The Hall–Kier alpha value is -2.77. The molecule has 0 radical (unpaired) electrons. The molecule has 0 aromatic heterocycles. The number of carboxylic acid groups (broad SMARTS) is 2. The van der Waals surface area contributed by atoms with Crippen LogP contribution in [-0.2, 0) is 24.0 Å². The van der Waals surface area contributed by atoms with Gasteiger partial charge in [-0.15, -0.1) is 0 Å². The molecule has 13 heteroatoms. The number of rotatable bonds is 16. The third-order valence-electron chi connectivity index (χ3n) is 5.20. The molecule has 13 nitrogen and oxygen atoms in total. The maximum absolute atomic E-state index is 12.8. The number of aliphatic hydroxyl groups excluding tert-OH is 1. The van der Waals surface area contributed by atoms with Crippen LogP contribution >= 0.6 is 0 Å². The highest BCUT2D eigenvalue weighted by Gasteiger charge is 2.33. The number of aliphatic carboxylic acids is 2. The minimum atomic E-state index is -1.71. The summed E-state index contributed by atoms with van der Waals surface area (Å²) in [5.74, 6) is -5.63. The summed E-state index contributed by atoms with van der Waals surface area (Å²) in [5, 5.41) is 34.6. The number of hydrogen-bond acceptors (Lipinski definition) is 8. The molecule has 0 aromatic carbocycles. The predicted molar refractivity (Wildman–Crippen MR) is 118 cm³/mol. The summed E-state index contributed by atoms with van der Waals surface area (Å²) >= 11 is 0. The van der Waals surface area contributed by atoms with Crippen LogP contribution in [0.5, 0.6) is 0 Å². The van der Waals surface area contributed by atoms with E-state index in [4.69, 9.17) is 21.7 Å². The molecule has 0 aliphatic heterocycles. The van der Waals surface area contributed by atoms with Gasteiger partial charge in [0.2, 0.25) is 17.7 Å². The molecule has 6 unspecified atom stereocenters. The molecule has 0 aliphatic rings. The summed E-state index contributed by atoms with van der Waals surface area (Å²) < 4.78 is 0. The van der Waals surface area contributed by atoms with Gasteiger partial charge in [0.1, 0.15) is 12.1 Å². The average molecular weight is 476 g/mol. The standard InChI is InChI=1S/C20H37N5O8/c1-4-10(2)15(22)19(31)23-12(7-5-6-8-21)17(29)24-13(9-14(27)28)18(30)25-16(11(3)26)20(32)33/h10-13,15-16,26H,4-9,21-22H2,1-3H3,(H,23,31)(H,24,29)(H,25,30)(H,27,28)(H,32,33). The maximum Gasteiger partial charge on any atom is 0.328 e. The minimum Gasteiger partial charge on any atom is -0.481 e. The van der Waals surface area contributed by atoms with Crippen LogP contribution in [0.15, 0.2) is 0 Å². The minimum absolute atomic E-state index is 0.156. The number of carbonyl (C=O) groups excluding carboxylic acids is 3. The molecule has 0 heterocycles. The first-order valence-corrected chi connectivity index (χ1v) is 10.8. The second-order valence-corrected chi connectivity index (χ2v) is 7.98. The summed E-state index contributed by atoms with van der Waals surface area (Å²) in [6.45, 7) is 5.13. The van der Waals surface area contributed by atoms with Crippen LogP contribution in [0, 0.1) is 5.92 Å². The van der Waals surface area contributed by atoms with E-state index in [0.29, 0.717) is 25.8 Å². The number of carbonyl (C=O) groups is 5. The monoisotopic (exact) mass is 475 g/mol. The lowest BCUT2D eigenvalue weighted by Crippen LogP contribution is -2.59. The van der Waals surface area contributed by atoms with Crippen molar-refractivity contribution in [3.63, 3.8) is 0 Å². The van der Waals surface area contributed by atoms with Crippen molar-refractivity contribution in [3.8, 4) is 0 Å². The van der Waals surface area contributed by atoms with E-state index in [0.717, 1.165) is 6.92 Å². The molecular formula is C20H37N5O8. The van der Waals surface area contributed by atoms with Crippen molar-refractivity contribution in [1.29, 1.82) is 0 Å². The van der Waals surface area contributed by atoms with E-state index in [1.807, 2.05) is 12.2 Å². The van der Waals surface area contributed by atoms with Crippen LogP contribution in [0.4, 0.5) is 0 Å². The zero-order valence-electron chi connectivity index (χ0n) is 19.2. The van der Waals surface area contributed by atoms with E-state index in [9.17, 15) is 29.1 Å². The fourth-order valence-corrected chi connectivity index (χ4v) is 2.84. The van der Waals surface area contributed by atoms with Crippen LogP contribution in [-0.4, -0.2) is 81.8 Å². The number of nitrogens with two attached hydrogens (primary N) is 2. The number of aliphatic hydroxyl groups is 1. The second-order valence-electron chi connectivity index (χ2n) is 7.98. The van der Waals surface area contributed by atoms with E-state index in [1.165, 1.54) is 0 Å². The normalized spacial score (nSPS) is 16.4. The van der Waals surface area contributed by atoms with Gasteiger partial charge < -0.3 is 42.7 Å². The van der Waals surface area contributed by atoms with Gasteiger partial charge in [0.15, 0.2) is 6.04 Å². The molecule has 0 saturated carbocycles. The number of amides is 3. The molecule has 6 atom stereocenters. The molecule has 0 saturated heterocycles. The third-order valence-corrected chi connectivity index (χ3v) is 5.20. The maximum atomic E-state index is 12.8. The Morgan fingerprint density at radius 1 is 0.879 bits per heavy atom. The van der Waals surface area contributed by atoms with Gasteiger partial charge in [-0.1, -0.05) is 20.3 Å². The van der Waals surface area contributed by atoms with Gasteiger partial charge in [-0.05, 0) is 38.6 Å². The molecule has 3 amide bonds. The first kappa shape index (κ1) is 30.2. The highest BCUT2D eigenvalue weighted by Crippen LogP contribution is 2.08. The predicted octanol–water partition coefficient (Wildman–Crippen LogP) is -2.12. The Morgan fingerprint density at radius 2 is 1.42 bits per heavy atom. The molecule has 190 valence electrons. The van der Waals surface area contributed by atoms with Gasteiger partial charge in [0, 0.05) is 0 Å². The quantitative estimate of drug-likeness (QED) is 0.113. The molecule has 33 heavy (non-hydrogen) atoms. The highest BCUT2D eigenvalue weighted by molar-refractivity contribution is 5.95. The van der Waals surface area contributed by atoms with Gasteiger partial charge in [-0.2, -0.15) is 0 Å². The van der Waals surface area contributed by atoms with Crippen molar-refractivity contribution >= 4 is 29.7 Å². The molecule has 0 aromatic rings. The largest absolute Gasteiger partial charge is 0.481 e. The number of nitrogens with one attached hydrogen (secondary N) is 3. The van der Waals surface area contributed by atoms with Gasteiger partial charge in [0.25, 0.3) is 0 Å². The summed E-state index contributed by atoms with van der Waals surface area (Å²) in [5.41, 5.74) is 11.4. The van der Waals surface area contributed by atoms with E-state index in [2.05, 4.69) is 10.6 Å². The average Bonchev–Trinajstić information content (AvgIpc) is 2.73. The zero-order chi connectivity index (χ0) is 25.7. The van der Waals surface area contributed by atoms with Crippen molar-refractivity contribution in [2.75, 3.05) is 6.54 Å². The molecule has 0 bridgehead atoms. The Balaban J connectivity index is 5.55. The first-order valence-electron chi connectivity index (χ1n) is 10.8. The van der Waals surface area contributed by atoms with E-state index >= 15 is 0 Å². The van der Waals surface area contributed by atoms with Crippen molar-refractivity contribution in [2.24, 2.45) is 17.4 Å². The van der Waals surface area contributed by atoms with Gasteiger partial charge in [-0.25, -0.2) is 4.79 Å². The summed E-state index contributed by atoms with van der Waals surface area (Å²) in [4.78, 5) is 60.2. The van der Waals surface area contributed by atoms with Crippen LogP contribution < -0.4 is 27.4 Å². The van der Waals surface area contributed by atoms with E-state index in [-0.39, 0.29) is 12.3 Å². The lowest BCUT2D eigenvalue weighted by molar-refractivity contribution is -0.146. The topological polar surface area (TPSA) is 234 Å². The Labute approximate surface area is 192 Å². The lowest BCUT2D eigenvalue weighted by atomic mass is 9.98. The van der Waals surface area contributed by atoms with Crippen LogP contribution in [0.1, 0.15) is 52.9 Å². The third kappa shape index (κ3) is 11.1. The number of carboxylic acids is 2. The molecule has 10 N–H and O–H groups in total. The van der Waals surface area contributed by atoms with Gasteiger partial charge in [-0.3, -0.25) is 19.2 Å². The van der Waals surface area contributed by atoms with Gasteiger partial charge in [0.05, 0.1) is 18.6 Å². The SMILES string of the molecule is CCC(C)C(N)C(=O)NC(CCCCN)C(=O)NC(CC(=O)O)C(=O)NC(C(=O)O)C(C)O. The Bertz CT molecular complexity index is 687. The summed E-state index contributed by atoms with van der Waals surface area (Å²) in [6.07, 6.45) is -0.503. The number of unbranched alkanes of at least 4 members (excludes halogenated alkanes) is 1. The lowest BCUT2D eigenvalue weighted by Gasteiger charge is -2.26. The zero-order valence-corrected chi connectivity index (χ0v) is 19.2. The van der Waals surface area contributed by atoms with Crippen molar-refractivity contribution in [1.82, 2.24) is 16.0 Å². The van der Waals surface area contributed by atoms with Crippen LogP contribution in [0.2, 0.25) is 0 Å². The van der Waals surface area contributed by atoms with Crippen molar-refractivity contribution in [3.05, 3.63) is 0 Å².